The molecule has 0 aliphatic heterocycles. The minimum Gasteiger partial charge on any atom is -0.493 e. The number of hydrogen-bond acceptors (Lipinski definition) is 4. The van der Waals surface area contributed by atoms with Crippen LogP contribution in [0.4, 0.5) is 5.69 Å². The van der Waals surface area contributed by atoms with Crippen LogP contribution in [0.3, 0.4) is 0 Å². The van der Waals surface area contributed by atoms with Crippen molar-refractivity contribution in [1.82, 2.24) is 10.2 Å². The quantitative estimate of drug-likeness (QED) is 0.638. The summed E-state index contributed by atoms with van der Waals surface area (Å²) in [5, 5.41) is 10.6. The van der Waals surface area contributed by atoms with E-state index in [2.05, 4.69) is 39.8 Å². The Balaban J connectivity index is 1.72. The number of hydrogen-bond donors (Lipinski definition) is 2. The predicted octanol–water partition coefficient (Wildman–Crippen LogP) is 3.93. The second-order valence-electron chi connectivity index (χ2n) is 6.90. The van der Waals surface area contributed by atoms with E-state index < -0.39 is 0 Å². The maximum absolute atomic E-state index is 11.3. The third-order valence-corrected chi connectivity index (χ3v) is 5.41. The van der Waals surface area contributed by atoms with E-state index in [0.717, 1.165) is 36.2 Å². The number of aryl methyl sites for hydroxylation is 1. The number of amides is 1. The molecular formula is C22H23N3O3. The molecule has 0 bridgehead atoms. The molecule has 28 heavy (non-hydrogen) atoms. The lowest BCUT2D eigenvalue weighted by molar-refractivity contribution is -0.105. The van der Waals surface area contributed by atoms with Crippen molar-refractivity contribution >= 4 is 12.1 Å². The lowest BCUT2D eigenvalue weighted by atomic mass is 9.81. The molecule has 1 aromatic heterocycles. The molecule has 0 fully saturated rings. The largest absolute Gasteiger partial charge is 0.493 e. The Bertz CT molecular complexity index is 996. The van der Waals surface area contributed by atoms with Gasteiger partial charge in [-0.15, -0.1) is 0 Å². The zero-order valence-corrected chi connectivity index (χ0v) is 16.0. The standard InChI is InChI=1S/C22H23N3O3/c1-27-18-10-9-17(12-19(18)28-2)21-22(23-13-26)20(24-25-21)16-8-7-14-5-3-4-6-15(14)11-16/h3-6,9-10,12-13,16H,7-8,11H2,1-2H3,(H,23,26)(H,24,25). The Morgan fingerprint density at radius 2 is 1.89 bits per heavy atom. The van der Waals surface area contributed by atoms with Crippen molar-refractivity contribution in [3.05, 3.63) is 59.3 Å². The molecular weight excluding hydrogens is 354 g/mol. The number of aromatic amines is 1. The van der Waals surface area contributed by atoms with Gasteiger partial charge in [-0.2, -0.15) is 5.10 Å². The molecule has 6 heteroatoms. The number of benzene rings is 2. The van der Waals surface area contributed by atoms with Crippen LogP contribution in [0.15, 0.2) is 42.5 Å². The summed E-state index contributed by atoms with van der Waals surface area (Å²) < 4.78 is 10.7. The van der Waals surface area contributed by atoms with E-state index >= 15 is 0 Å². The van der Waals surface area contributed by atoms with E-state index in [-0.39, 0.29) is 5.92 Å². The van der Waals surface area contributed by atoms with Crippen LogP contribution in [-0.4, -0.2) is 30.8 Å². The average molecular weight is 377 g/mol. The fourth-order valence-corrected chi connectivity index (χ4v) is 3.99. The number of nitrogens with zero attached hydrogens (tertiary/aromatic N) is 1. The first-order valence-corrected chi connectivity index (χ1v) is 9.32. The highest BCUT2D eigenvalue weighted by molar-refractivity contribution is 5.85. The van der Waals surface area contributed by atoms with Crippen LogP contribution in [0.5, 0.6) is 11.5 Å². The second-order valence-corrected chi connectivity index (χ2v) is 6.90. The monoisotopic (exact) mass is 377 g/mol. The Morgan fingerprint density at radius 1 is 1.11 bits per heavy atom. The van der Waals surface area contributed by atoms with Gasteiger partial charge in [-0.25, -0.2) is 0 Å². The third kappa shape index (κ3) is 3.22. The maximum Gasteiger partial charge on any atom is 0.211 e. The highest BCUT2D eigenvalue weighted by Gasteiger charge is 2.26. The van der Waals surface area contributed by atoms with Gasteiger partial charge in [0.1, 0.15) is 5.69 Å². The van der Waals surface area contributed by atoms with Gasteiger partial charge in [0.25, 0.3) is 0 Å². The van der Waals surface area contributed by atoms with Gasteiger partial charge in [0, 0.05) is 11.5 Å². The predicted molar refractivity (Wildman–Crippen MR) is 108 cm³/mol. The molecule has 0 spiro atoms. The Morgan fingerprint density at radius 3 is 2.64 bits per heavy atom. The van der Waals surface area contributed by atoms with E-state index in [1.54, 1.807) is 14.2 Å². The van der Waals surface area contributed by atoms with Crippen molar-refractivity contribution in [3.63, 3.8) is 0 Å². The first kappa shape index (κ1) is 18.1. The molecule has 144 valence electrons. The van der Waals surface area contributed by atoms with E-state index in [9.17, 15) is 4.79 Å². The molecule has 0 radical (unpaired) electrons. The van der Waals surface area contributed by atoms with E-state index in [1.807, 2.05) is 18.2 Å². The first-order chi connectivity index (χ1) is 13.7. The lowest BCUT2D eigenvalue weighted by Crippen LogP contribution is -2.14. The fraction of sp³-hybridized carbons (Fsp3) is 0.273. The molecule has 4 rings (SSSR count). The molecule has 1 atom stereocenters. The van der Waals surface area contributed by atoms with Crippen molar-refractivity contribution in [2.24, 2.45) is 0 Å². The Kier molecular flexibility index (Phi) is 5.02. The number of nitrogens with one attached hydrogen (secondary N) is 2. The normalized spacial score (nSPS) is 15.6. The number of carbonyl (C=O) groups is 1. The summed E-state index contributed by atoms with van der Waals surface area (Å²) in [5.74, 6) is 1.54. The summed E-state index contributed by atoms with van der Waals surface area (Å²) in [5.41, 5.74) is 6.00. The van der Waals surface area contributed by atoms with Gasteiger partial charge in [0.05, 0.1) is 25.6 Å². The van der Waals surface area contributed by atoms with Crippen LogP contribution in [0.25, 0.3) is 11.3 Å². The zero-order valence-electron chi connectivity index (χ0n) is 16.0. The smallest absolute Gasteiger partial charge is 0.211 e. The van der Waals surface area contributed by atoms with Crippen LogP contribution in [0.2, 0.25) is 0 Å². The molecule has 6 nitrogen and oxygen atoms in total. The molecule has 1 unspecified atom stereocenters. The number of rotatable bonds is 6. The molecule has 0 saturated heterocycles. The topological polar surface area (TPSA) is 76.2 Å². The average Bonchev–Trinajstić information content (AvgIpc) is 3.16. The van der Waals surface area contributed by atoms with Crippen LogP contribution in [0, 0.1) is 0 Å². The van der Waals surface area contributed by atoms with E-state index in [0.29, 0.717) is 23.6 Å². The third-order valence-electron chi connectivity index (χ3n) is 5.41. The minimum atomic E-state index is 0.277. The second kappa shape index (κ2) is 7.76. The molecule has 1 aliphatic carbocycles. The molecule has 3 aromatic rings. The zero-order chi connectivity index (χ0) is 19.5. The summed E-state index contributed by atoms with van der Waals surface area (Å²) in [7, 11) is 3.20. The fourth-order valence-electron chi connectivity index (χ4n) is 3.99. The first-order valence-electron chi connectivity index (χ1n) is 9.32. The Labute approximate surface area is 163 Å². The maximum atomic E-state index is 11.3. The summed E-state index contributed by atoms with van der Waals surface area (Å²) >= 11 is 0. The molecule has 2 aromatic carbocycles. The van der Waals surface area contributed by atoms with Crippen molar-refractivity contribution in [2.45, 2.75) is 25.2 Å². The highest BCUT2D eigenvalue weighted by Crippen LogP contribution is 2.40. The van der Waals surface area contributed by atoms with E-state index in [4.69, 9.17) is 9.47 Å². The summed E-state index contributed by atoms with van der Waals surface area (Å²) in [4.78, 5) is 11.3. The van der Waals surface area contributed by atoms with Crippen molar-refractivity contribution < 1.29 is 14.3 Å². The van der Waals surface area contributed by atoms with Gasteiger partial charge in [-0.1, -0.05) is 24.3 Å². The Hall–Kier alpha value is -3.28. The molecule has 1 amide bonds. The van der Waals surface area contributed by atoms with Gasteiger partial charge >= 0.3 is 0 Å². The number of H-pyrrole nitrogens is 1. The molecule has 1 aliphatic rings. The van der Waals surface area contributed by atoms with Gasteiger partial charge in [0.2, 0.25) is 6.41 Å². The van der Waals surface area contributed by atoms with Crippen LogP contribution < -0.4 is 14.8 Å². The SMILES string of the molecule is COc1ccc(-c2n[nH]c(C3CCc4ccccc4C3)c2NC=O)cc1OC. The van der Waals surface area contributed by atoms with Crippen LogP contribution in [0.1, 0.15) is 29.2 Å². The number of ether oxygens (including phenoxy) is 2. The number of carbonyl (C=O) groups excluding carboxylic acids is 1. The number of methoxy groups -OCH3 is 2. The summed E-state index contributed by atoms with van der Waals surface area (Å²) in [6.07, 6.45) is 3.66. The van der Waals surface area contributed by atoms with Crippen molar-refractivity contribution in [1.29, 1.82) is 0 Å². The van der Waals surface area contributed by atoms with Crippen LogP contribution in [-0.2, 0) is 17.6 Å². The van der Waals surface area contributed by atoms with Crippen molar-refractivity contribution in [3.8, 4) is 22.8 Å². The molecule has 0 saturated carbocycles. The van der Waals surface area contributed by atoms with E-state index in [1.165, 1.54) is 11.1 Å². The molecule has 1 heterocycles. The van der Waals surface area contributed by atoms with Crippen LogP contribution >= 0.6 is 0 Å². The van der Waals surface area contributed by atoms with Gasteiger partial charge in [-0.3, -0.25) is 9.89 Å². The summed E-state index contributed by atoms with van der Waals surface area (Å²) in [6, 6.07) is 14.2. The molecule has 2 N–H and O–H groups in total. The van der Waals surface area contributed by atoms with Crippen molar-refractivity contribution in [2.75, 3.05) is 19.5 Å². The number of fused-ring (bicyclic) bond motifs is 1. The van der Waals surface area contributed by atoms with Gasteiger partial charge in [-0.05, 0) is 48.6 Å². The number of aromatic nitrogens is 2. The highest BCUT2D eigenvalue weighted by atomic mass is 16.5. The summed E-state index contributed by atoms with van der Waals surface area (Å²) in [6.45, 7) is 0. The van der Waals surface area contributed by atoms with Gasteiger partial charge in [0.15, 0.2) is 11.5 Å². The number of anilines is 1. The lowest BCUT2D eigenvalue weighted by Gasteiger charge is -2.24. The van der Waals surface area contributed by atoms with Gasteiger partial charge < -0.3 is 14.8 Å². The minimum absolute atomic E-state index is 0.277.